The van der Waals surface area contributed by atoms with Crippen molar-refractivity contribution < 1.29 is 17.9 Å². The molecule has 0 atom stereocenters. The van der Waals surface area contributed by atoms with Crippen LogP contribution < -0.4 is 15.4 Å². The minimum atomic E-state index is -4.76. The molecule has 1 aromatic heterocycles. The number of anilines is 2. The standard InChI is InChI=1S/C34H35F3N6O/c1-22(2)21-42-17-14-24(15-18-42)39-30-20-33-31(19-29(30)40-27-8-6-16-38-23(27)3)41-28-7-4-5-9-32(28)43(33)25-10-12-26(13-11-25)44-34(35,36)37/h4-13,16,19-20,22,24,40H,14-15,17-18,21H2,1-3H3. The van der Waals surface area contributed by atoms with Crippen LogP contribution in [0.2, 0.25) is 0 Å². The second kappa shape index (κ2) is 12.3. The summed E-state index contributed by atoms with van der Waals surface area (Å²) in [5.74, 6) is 0.344. The Labute approximate surface area is 254 Å². The Morgan fingerprint density at radius 1 is 0.977 bits per heavy atom. The maximum absolute atomic E-state index is 12.9. The molecule has 3 aliphatic rings. The number of aromatic nitrogens is 3. The first-order valence-electron chi connectivity index (χ1n) is 14.9. The second-order valence-corrected chi connectivity index (χ2v) is 11.7. The molecule has 0 amide bonds. The molecule has 3 aromatic rings. The molecule has 0 unspecified atom stereocenters. The number of piperidine rings is 1. The number of nitrogens with zero attached hydrogens (tertiary/aromatic N) is 5. The van der Waals surface area contributed by atoms with E-state index < -0.39 is 6.36 Å². The molecule has 0 spiro atoms. The molecule has 6 rings (SSSR count). The molecular weight excluding hydrogens is 565 g/mol. The van der Waals surface area contributed by atoms with Crippen molar-refractivity contribution in [3.8, 4) is 22.8 Å². The van der Waals surface area contributed by atoms with Crippen LogP contribution in [0.1, 0.15) is 32.4 Å². The first-order chi connectivity index (χ1) is 21.1. The molecular formula is C34H35F3N6O. The number of hydrogen-bond acceptors (Lipinski definition) is 6. The minimum absolute atomic E-state index is 0.159. The molecule has 10 heteroatoms. The molecule has 1 fully saturated rings. The van der Waals surface area contributed by atoms with Gasteiger partial charge in [0.2, 0.25) is 0 Å². The number of benzene rings is 3. The van der Waals surface area contributed by atoms with Gasteiger partial charge in [-0.3, -0.25) is 9.98 Å². The van der Waals surface area contributed by atoms with Gasteiger partial charge in [-0.05, 0) is 86.3 Å². The number of pyridine rings is 1. The highest BCUT2D eigenvalue weighted by atomic mass is 19.4. The highest BCUT2D eigenvalue weighted by Gasteiger charge is 2.31. The van der Waals surface area contributed by atoms with Crippen LogP contribution in [0.15, 0.2) is 84.0 Å². The molecule has 7 nitrogen and oxygen atoms in total. The summed E-state index contributed by atoms with van der Waals surface area (Å²) >= 11 is 0. The smallest absolute Gasteiger partial charge is 0.406 e. The van der Waals surface area contributed by atoms with Crippen LogP contribution >= 0.6 is 0 Å². The monoisotopic (exact) mass is 600 g/mol. The van der Waals surface area contributed by atoms with Gasteiger partial charge in [0, 0.05) is 31.5 Å². The Morgan fingerprint density at radius 2 is 1.73 bits per heavy atom. The number of ether oxygens (including phenoxy) is 1. The Hall–Kier alpha value is -4.44. The van der Waals surface area contributed by atoms with E-state index in [2.05, 4.69) is 33.8 Å². The lowest BCUT2D eigenvalue weighted by Crippen LogP contribution is -2.38. The molecule has 0 saturated carbocycles. The van der Waals surface area contributed by atoms with Gasteiger partial charge in [0.15, 0.2) is 0 Å². The number of rotatable bonds is 7. The molecule has 1 saturated heterocycles. The lowest BCUT2D eigenvalue weighted by Gasteiger charge is -2.31. The van der Waals surface area contributed by atoms with Crippen LogP contribution in [-0.4, -0.2) is 51.5 Å². The van der Waals surface area contributed by atoms with E-state index in [1.165, 1.54) is 12.1 Å². The summed E-state index contributed by atoms with van der Waals surface area (Å²) in [6.07, 6.45) is -1.07. The molecule has 1 N–H and O–H groups in total. The number of fused-ring (bicyclic) bond motifs is 2. The molecule has 3 heterocycles. The lowest BCUT2D eigenvalue weighted by molar-refractivity contribution is -0.274. The Balaban J connectivity index is 1.50. The van der Waals surface area contributed by atoms with Gasteiger partial charge in [0.25, 0.3) is 0 Å². The fourth-order valence-corrected chi connectivity index (χ4v) is 5.83. The van der Waals surface area contributed by atoms with Crippen molar-refractivity contribution in [1.82, 2.24) is 19.4 Å². The second-order valence-electron chi connectivity index (χ2n) is 11.7. The Bertz CT molecular complexity index is 1790. The summed E-state index contributed by atoms with van der Waals surface area (Å²) in [5.41, 5.74) is 6.32. The van der Waals surface area contributed by atoms with Gasteiger partial charge in [-0.1, -0.05) is 26.0 Å². The summed E-state index contributed by atoms with van der Waals surface area (Å²) in [5, 5.41) is 4.35. The number of aryl methyl sites for hydroxylation is 1. The number of likely N-dealkylation sites (tertiary alicyclic amines) is 1. The Kier molecular flexibility index (Phi) is 8.27. The normalized spacial score (nSPS) is 15.4. The van der Waals surface area contributed by atoms with Crippen molar-refractivity contribution >= 4 is 22.4 Å². The molecule has 228 valence electrons. The average molecular weight is 601 g/mol. The highest BCUT2D eigenvalue weighted by Crippen LogP contribution is 2.32. The average Bonchev–Trinajstić information content (AvgIpc) is 2.98. The number of alkyl halides is 3. The first-order valence-corrected chi connectivity index (χ1v) is 14.9. The molecule has 2 aromatic carbocycles. The van der Waals surface area contributed by atoms with Crippen molar-refractivity contribution in [2.24, 2.45) is 10.9 Å². The Morgan fingerprint density at radius 3 is 2.43 bits per heavy atom. The van der Waals surface area contributed by atoms with Gasteiger partial charge in [-0.25, -0.2) is 4.98 Å². The predicted octanol–water partition coefficient (Wildman–Crippen LogP) is 7.50. The molecule has 0 radical (unpaired) electrons. The lowest BCUT2D eigenvalue weighted by atomic mass is 10.0. The topological polar surface area (TPSA) is 67.6 Å². The van der Waals surface area contributed by atoms with E-state index in [1.54, 1.807) is 18.3 Å². The van der Waals surface area contributed by atoms with E-state index in [0.717, 1.165) is 71.6 Å². The third-order valence-corrected chi connectivity index (χ3v) is 7.80. The predicted molar refractivity (Wildman–Crippen MR) is 166 cm³/mol. The van der Waals surface area contributed by atoms with Crippen molar-refractivity contribution in [3.63, 3.8) is 0 Å². The number of para-hydroxylation sites is 2. The molecule has 0 bridgehead atoms. The summed E-state index contributed by atoms with van der Waals surface area (Å²) < 4.78 is 44.7. The summed E-state index contributed by atoms with van der Waals surface area (Å²) in [6, 6.07) is 21.7. The minimum Gasteiger partial charge on any atom is -0.406 e. The summed E-state index contributed by atoms with van der Waals surface area (Å²) in [7, 11) is 0. The van der Waals surface area contributed by atoms with Crippen LogP contribution in [-0.2, 0) is 0 Å². The van der Waals surface area contributed by atoms with E-state index in [4.69, 9.17) is 9.98 Å². The van der Waals surface area contributed by atoms with E-state index in [0.29, 0.717) is 17.3 Å². The van der Waals surface area contributed by atoms with Gasteiger partial charge in [0.05, 0.1) is 50.9 Å². The van der Waals surface area contributed by atoms with Crippen molar-refractivity contribution in [2.75, 3.05) is 25.0 Å². The van der Waals surface area contributed by atoms with E-state index in [9.17, 15) is 13.2 Å². The number of halogens is 3. The molecule has 2 aliphatic heterocycles. The molecule has 1 aliphatic carbocycles. The van der Waals surface area contributed by atoms with Gasteiger partial charge in [-0.2, -0.15) is 0 Å². The van der Waals surface area contributed by atoms with Crippen LogP contribution in [0.3, 0.4) is 0 Å². The van der Waals surface area contributed by atoms with E-state index >= 15 is 0 Å². The SMILES string of the molecule is Cc1ncccc1Nc1cc2nc3ccccc3n(-c3ccc(OC(F)(F)F)cc3)c-2cc1=NC1CCN(CC(C)C)CC1. The largest absolute Gasteiger partial charge is 0.573 e. The summed E-state index contributed by atoms with van der Waals surface area (Å²) in [6.45, 7) is 9.53. The van der Waals surface area contributed by atoms with Crippen molar-refractivity contribution in [3.05, 3.63) is 90.0 Å². The zero-order valence-corrected chi connectivity index (χ0v) is 25.0. The third kappa shape index (κ3) is 6.70. The van der Waals surface area contributed by atoms with E-state index in [1.807, 2.05) is 60.0 Å². The van der Waals surface area contributed by atoms with Crippen molar-refractivity contribution in [1.29, 1.82) is 0 Å². The van der Waals surface area contributed by atoms with Crippen LogP contribution in [0.5, 0.6) is 5.75 Å². The van der Waals surface area contributed by atoms with Gasteiger partial charge >= 0.3 is 6.36 Å². The van der Waals surface area contributed by atoms with Gasteiger partial charge in [0.1, 0.15) is 5.75 Å². The van der Waals surface area contributed by atoms with Crippen molar-refractivity contribution in [2.45, 2.75) is 46.0 Å². The molecule has 44 heavy (non-hydrogen) atoms. The highest BCUT2D eigenvalue weighted by molar-refractivity contribution is 5.84. The van der Waals surface area contributed by atoms with Crippen LogP contribution in [0, 0.1) is 12.8 Å². The van der Waals surface area contributed by atoms with Crippen LogP contribution in [0.4, 0.5) is 24.5 Å². The van der Waals surface area contributed by atoms with Crippen LogP contribution in [0.25, 0.3) is 28.1 Å². The fourth-order valence-electron chi connectivity index (χ4n) is 5.83. The maximum Gasteiger partial charge on any atom is 0.573 e. The zero-order valence-electron chi connectivity index (χ0n) is 25.0. The van der Waals surface area contributed by atoms with E-state index in [-0.39, 0.29) is 11.8 Å². The van der Waals surface area contributed by atoms with Gasteiger partial charge in [-0.15, -0.1) is 13.2 Å². The fraction of sp³-hybridized carbons (Fsp3) is 0.324. The summed E-state index contributed by atoms with van der Waals surface area (Å²) in [4.78, 5) is 17.2. The third-order valence-electron chi connectivity index (χ3n) is 7.80. The maximum atomic E-state index is 12.9. The first kappa shape index (κ1) is 29.6. The number of nitrogens with one attached hydrogen (secondary N) is 1. The zero-order chi connectivity index (χ0) is 30.8. The number of hydrogen-bond donors (Lipinski definition) is 1. The quantitative estimate of drug-likeness (QED) is 0.196. The van der Waals surface area contributed by atoms with Gasteiger partial charge < -0.3 is 19.5 Å².